The molecular weight excluding hydrogens is 278 g/mol. The van der Waals surface area contributed by atoms with Gasteiger partial charge in [-0.2, -0.15) is 0 Å². The van der Waals surface area contributed by atoms with Gasteiger partial charge in [0.2, 0.25) is 5.91 Å². The maximum absolute atomic E-state index is 12.0. The van der Waals surface area contributed by atoms with E-state index in [4.69, 9.17) is 10.3 Å². The molecule has 0 aromatic carbocycles. The van der Waals surface area contributed by atoms with Crippen LogP contribution in [0.15, 0.2) is 4.52 Å². The monoisotopic (exact) mass is 303 g/mol. The van der Waals surface area contributed by atoms with E-state index in [-0.39, 0.29) is 24.2 Å². The molecule has 2 unspecified atom stereocenters. The van der Waals surface area contributed by atoms with Gasteiger partial charge in [0.25, 0.3) is 0 Å². The minimum Gasteiger partial charge on any atom is -0.361 e. The molecular formula is C14H26ClN3O2. The molecule has 20 heavy (non-hydrogen) atoms. The number of carbonyl (C=O) groups excluding carboxylic acids is 1. The lowest BCUT2D eigenvalue weighted by molar-refractivity contribution is -0.123. The first kappa shape index (κ1) is 18.9. The molecule has 1 heterocycles. The average Bonchev–Trinajstić information content (AvgIpc) is 2.84. The Labute approximate surface area is 127 Å². The fraction of sp³-hybridized carbons (Fsp3) is 0.714. The number of nitrogens with two attached hydrogens (primary N) is 1. The number of nitrogens with zero attached hydrogens (tertiary/aromatic N) is 1. The van der Waals surface area contributed by atoms with Gasteiger partial charge >= 0.3 is 0 Å². The molecule has 3 N–H and O–H groups in total. The van der Waals surface area contributed by atoms with E-state index in [2.05, 4.69) is 10.5 Å². The highest BCUT2D eigenvalue weighted by Gasteiger charge is 2.20. The summed E-state index contributed by atoms with van der Waals surface area (Å²) in [6.07, 6.45) is 2.46. The van der Waals surface area contributed by atoms with Gasteiger partial charge in [-0.25, -0.2) is 0 Å². The van der Waals surface area contributed by atoms with Crippen molar-refractivity contribution < 1.29 is 9.32 Å². The van der Waals surface area contributed by atoms with Crippen LogP contribution in [0.3, 0.4) is 0 Å². The van der Waals surface area contributed by atoms with Gasteiger partial charge in [0.05, 0.1) is 11.7 Å². The van der Waals surface area contributed by atoms with E-state index in [0.717, 1.165) is 36.3 Å². The molecule has 0 aliphatic heterocycles. The third-order valence-corrected chi connectivity index (χ3v) is 3.61. The van der Waals surface area contributed by atoms with Crippen molar-refractivity contribution in [3.05, 3.63) is 17.0 Å². The highest BCUT2D eigenvalue weighted by molar-refractivity contribution is 5.85. The van der Waals surface area contributed by atoms with Crippen molar-refractivity contribution in [2.24, 2.45) is 11.7 Å². The Morgan fingerprint density at radius 2 is 2.00 bits per heavy atom. The highest BCUT2D eigenvalue weighted by atomic mass is 35.5. The van der Waals surface area contributed by atoms with E-state index in [9.17, 15) is 4.79 Å². The molecule has 6 heteroatoms. The van der Waals surface area contributed by atoms with E-state index >= 15 is 0 Å². The van der Waals surface area contributed by atoms with Crippen LogP contribution in [-0.4, -0.2) is 17.1 Å². The summed E-state index contributed by atoms with van der Waals surface area (Å²) in [5, 5.41) is 6.91. The molecule has 0 saturated heterocycles. The van der Waals surface area contributed by atoms with Gasteiger partial charge in [-0.3, -0.25) is 4.79 Å². The molecule has 1 amide bonds. The Kier molecular flexibility index (Phi) is 8.49. The molecule has 0 bridgehead atoms. The SMILES string of the molecule is CCc1noc(CC)c1CNC(=O)C(N)C(C)CC.Cl. The molecule has 1 rings (SSSR count). The summed E-state index contributed by atoms with van der Waals surface area (Å²) in [5.74, 6) is 0.910. The average molecular weight is 304 g/mol. The summed E-state index contributed by atoms with van der Waals surface area (Å²) in [7, 11) is 0. The predicted octanol–water partition coefficient (Wildman–Crippen LogP) is 2.21. The lowest BCUT2D eigenvalue weighted by atomic mass is 9.99. The van der Waals surface area contributed by atoms with Crippen LogP contribution in [0.4, 0.5) is 0 Å². The van der Waals surface area contributed by atoms with E-state index < -0.39 is 6.04 Å². The second-order valence-corrected chi connectivity index (χ2v) is 4.87. The third-order valence-electron chi connectivity index (χ3n) is 3.61. The fourth-order valence-electron chi connectivity index (χ4n) is 1.94. The molecule has 116 valence electrons. The van der Waals surface area contributed by atoms with Crippen LogP contribution in [0, 0.1) is 5.92 Å². The van der Waals surface area contributed by atoms with Gasteiger partial charge in [0, 0.05) is 18.5 Å². The van der Waals surface area contributed by atoms with Crippen molar-refractivity contribution in [2.45, 2.75) is 59.5 Å². The number of carbonyl (C=O) groups is 1. The molecule has 5 nitrogen and oxygen atoms in total. The molecule has 0 saturated carbocycles. The van der Waals surface area contributed by atoms with Crippen LogP contribution in [-0.2, 0) is 24.2 Å². The minimum atomic E-state index is -0.458. The van der Waals surface area contributed by atoms with Crippen LogP contribution < -0.4 is 11.1 Å². The summed E-state index contributed by atoms with van der Waals surface area (Å²) < 4.78 is 5.26. The summed E-state index contributed by atoms with van der Waals surface area (Å²) in [5.41, 5.74) is 7.81. The number of halogens is 1. The topological polar surface area (TPSA) is 81.2 Å². The van der Waals surface area contributed by atoms with Gasteiger partial charge in [-0.05, 0) is 12.3 Å². The first-order chi connectivity index (χ1) is 9.04. The lowest BCUT2D eigenvalue weighted by Crippen LogP contribution is -2.44. The second kappa shape index (κ2) is 8.97. The molecule has 2 atom stereocenters. The minimum absolute atomic E-state index is 0. The Hall–Kier alpha value is -1.07. The van der Waals surface area contributed by atoms with Crippen LogP contribution in [0.5, 0.6) is 0 Å². The number of rotatable bonds is 7. The summed E-state index contributed by atoms with van der Waals surface area (Å²) >= 11 is 0. The normalized spacial score (nSPS) is 13.4. The van der Waals surface area contributed by atoms with E-state index in [1.165, 1.54) is 0 Å². The molecule has 1 aromatic heterocycles. The van der Waals surface area contributed by atoms with Crippen molar-refractivity contribution in [3.63, 3.8) is 0 Å². The number of hydrogen-bond donors (Lipinski definition) is 2. The predicted molar refractivity (Wildman–Crippen MR) is 81.8 cm³/mol. The summed E-state index contributed by atoms with van der Waals surface area (Å²) in [6, 6.07) is -0.458. The van der Waals surface area contributed by atoms with Crippen molar-refractivity contribution in [1.29, 1.82) is 0 Å². The van der Waals surface area contributed by atoms with E-state index in [1.807, 2.05) is 27.7 Å². The van der Waals surface area contributed by atoms with Crippen molar-refractivity contribution in [2.75, 3.05) is 0 Å². The summed E-state index contributed by atoms with van der Waals surface area (Å²) in [6.45, 7) is 8.49. The van der Waals surface area contributed by atoms with Crippen molar-refractivity contribution in [3.8, 4) is 0 Å². The van der Waals surface area contributed by atoms with Crippen molar-refractivity contribution in [1.82, 2.24) is 10.5 Å². The largest absolute Gasteiger partial charge is 0.361 e. The van der Waals surface area contributed by atoms with E-state index in [1.54, 1.807) is 0 Å². The summed E-state index contributed by atoms with van der Waals surface area (Å²) in [4.78, 5) is 12.0. The fourth-order valence-corrected chi connectivity index (χ4v) is 1.94. The van der Waals surface area contributed by atoms with Gasteiger partial charge in [0.1, 0.15) is 5.76 Å². The molecule has 0 fully saturated rings. The van der Waals surface area contributed by atoms with Gasteiger partial charge < -0.3 is 15.6 Å². The first-order valence-electron chi connectivity index (χ1n) is 7.04. The third kappa shape index (κ3) is 4.49. The second-order valence-electron chi connectivity index (χ2n) is 4.87. The number of amides is 1. The highest BCUT2D eigenvalue weighted by Crippen LogP contribution is 2.15. The van der Waals surface area contributed by atoms with E-state index in [0.29, 0.717) is 6.54 Å². The Morgan fingerprint density at radius 1 is 1.35 bits per heavy atom. The van der Waals surface area contributed by atoms with Gasteiger partial charge in [-0.15, -0.1) is 12.4 Å². The van der Waals surface area contributed by atoms with Gasteiger partial charge in [-0.1, -0.05) is 39.3 Å². The van der Waals surface area contributed by atoms with Crippen LogP contribution >= 0.6 is 12.4 Å². The number of hydrogen-bond acceptors (Lipinski definition) is 4. The zero-order chi connectivity index (χ0) is 14.4. The molecule has 0 aliphatic rings. The Morgan fingerprint density at radius 3 is 2.50 bits per heavy atom. The van der Waals surface area contributed by atoms with Crippen molar-refractivity contribution >= 4 is 18.3 Å². The molecule has 0 spiro atoms. The number of nitrogens with one attached hydrogen (secondary N) is 1. The van der Waals surface area contributed by atoms with Gasteiger partial charge in [0.15, 0.2) is 0 Å². The zero-order valence-electron chi connectivity index (χ0n) is 12.7. The Bertz CT molecular complexity index is 399. The lowest BCUT2D eigenvalue weighted by Gasteiger charge is -2.17. The quantitative estimate of drug-likeness (QED) is 0.809. The smallest absolute Gasteiger partial charge is 0.237 e. The molecule has 1 aromatic rings. The number of aromatic nitrogens is 1. The maximum Gasteiger partial charge on any atom is 0.237 e. The van der Waals surface area contributed by atoms with Crippen LogP contribution in [0.2, 0.25) is 0 Å². The number of aryl methyl sites for hydroxylation is 2. The molecule has 0 radical (unpaired) electrons. The zero-order valence-corrected chi connectivity index (χ0v) is 13.5. The maximum atomic E-state index is 12.0. The molecule has 0 aliphatic carbocycles. The van der Waals surface area contributed by atoms with Crippen LogP contribution in [0.25, 0.3) is 0 Å². The standard InChI is InChI=1S/C14H25N3O2.ClH/c1-5-9(4)13(15)14(18)16-8-10-11(6-2)17-19-12(10)7-3;/h9,13H,5-8,15H2,1-4H3,(H,16,18);1H. The first-order valence-corrected chi connectivity index (χ1v) is 7.04. The van der Waals surface area contributed by atoms with Crippen LogP contribution in [0.1, 0.15) is 51.1 Å². The Balaban J connectivity index is 0.00000361.